The molecule has 3 heteroatoms. The van der Waals surface area contributed by atoms with Crippen LogP contribution in [-0.4, -0.2) is 28.7 Å². The fourth-order valence-corrected chi connectivity index (χ4v) is 2.99. The standard InChI is InChI=1S/C13H20N2S/c1-3-15-9-5-6-12(15)11-7-8-13(14-10-11)16-4-2/h7-8,10,12H,3-6,9H2,1-2H3/t12-/m0/s1. The van der Waals surface area contributed by atoms with Crippen LogP contribution in [0.5, 0.6) is 0 Å². The largest absolute Gasteiger partial charge is 0.297 e. The summed E-state index contributed by atoms with van der Waals surface area (Å²) >= 11 is 1.81. The van der Waals surface area contributed by atoms with Crippen molar-refractivity contribution < 1.29 is 0 Å². The normalized spacial score (nSPS) is 21.5. The van der Waals surface area contributed by atoms with E-state index in [2.05, 4.69) is 42.1 Å². The molecule has 1 aliphatic rings. The Morgan fingerprint density at radius 2 is 2.31 bits per heavy atom. The number of likely N-dealkylation sites (tertiary alicyclic amines) is 1. The molecule has 2 rings (SSSR count). The highest BCUT2D eigenvalue weighted by atomic mass is 32.2. The molecule has 16 heavy (non-hydrogen) atoms. The maximum Gasteiger partial charge on any atom is 0.0959 e. The van der Waals surface area contributed by atoms with Gasteiger partial charge in [0.1, 0.15) is 0 Å². The molecule has 0 spiro atoms. The first-order valence-electron chi connectivity index (χ1n) is 6.18. The van der Waals surface area contributed by atoms with E-state index in [4.69, 9.17) is 0 Å². The first-order valence-corrected chi connectivity index (χ1v) is 7.16. The van der Waals surface area contributed by atoms with Gasteiger partial charge in [0, 0.05) is 12.2 Å². The monoisotopic (exact) mass is 236 g/mol. The summed E-state index contributed by atoms with van der Waals surface area (Å²) in [4.78, 5) is 7.06. The number of pyridine rings is 1. The number of hydrogen-bond donors (Lipinski definition) is 0. The molecular weight excluding hydrogens is 216 g/mol. The lowest BCUT2D eigenvalue weighted by molar-refractivity contribution is 0.271. The molecule has 0 aromatic carbocycles. The average molecular weight is 236 g/mol. The van der Waals surface area contributed by atoms with E-state index in [1.54, 1.807) is 0 Å². The Bertz CT molecular complexity index is 323. The average Bonchev–Trinajstić information content (AvgIpc) is 2.78. The number of hydrogen-bond acceptors (Lipinski definition) is 3. The Morgan fingerprint density at radius 1 is 1.44 bits per heavy atom. The minimum Gasteiger partial charge on any atom is -0.297 e. The third-order valence-electron chi connectivity index (χ3n) is 3.21. The Hall–Kier alpha value is -0.540. The molecule has 1 atom stereocenters. The second-order valence-electron chi connectivity index (χ2n) is 4.15. The third-order valence-corrected chi connectivity index (χ3v) is 4.03. The van der Waals surface area contributed by atoms with Crippen LogP contribution in [0.4, 0.5) is 0 Å². The quantitative estimate of drug-likeness (QED) is 0.746. The molecule has 1 aromatic heterocycles. The fraction of sp³-hybridized carbons (Fsp3) is 0.615. The summed E-state index contributed by atoms with van der Waals surface area (Å²) in [5.74, 6) is 1.09. The summed E-state index contributed by atoms with van der Waals surface area (Å²) in [7, 11) is 0. The van der Waals surface area contributed by atoms with Crippen molar-refractivity contribution in [3.63, 3.8) is 0 Å². The van der Waals surface area contributed by atoms with Crippen molar-refractivity contribution in [2.45, 2.75) is 37.8 Å². The molecule has 0 N–H and O–H groups in total. The number of aromatic nitrogens is 1. The zero-order valence-electron chi connectivity index (χ0n) is 10.1. The van der Waals surface area contributed by atoms with E-state index >= 15 is 0 Å². The molecule has 0 saturated carbocycles. The van der Waals surface area contributed by atoms with Crippen LogP contribution in [0.25, 0.3) is 0 Å². The van der Waals surface area contributed by atoms with Crippen LogP contribution < -0.4 is 0 Å². The van der Waals surface area contributed by atoms with Crippen LogP contribution in [0, 0.1) is 0 Å². The molecule has 0 bridgehead atoms. The summed E-state index contributed by atoms with van der Waals surface area (Å²) in [6.07, 6.45) is 4.68. The molecule has 0 amide bonds. The Labute approximate surface area is 102 Å². The van der Waals surface area contributed by atoms with Gasteiger partial charge in [0.05, 0.1) is 5.03 Å². The molecule has 2 nitrogen and oxygen atoms in total. The van der Waals surface area contributed by atoms with Crippen molar-refractivity contribution >= 4 is 11.8 Å². The molecule has 0 unspecified atom stereocenters. The lowest BCUT2D eigenvalue weighted by Gasteiger charge is -2.22. The molecule has 0 aliphatic carbocycles. The Morgan fingerprint density at radius 3 is 2.94 bits per heavy atom. The van der Waals surface area contributed by atoms with Crippen molar-refractivity contribution in [1.82, 2.24) is 9.88 Å². The van der Waals surface area contributed by atoms with E-state index in [0.29, 0.717) is 6.04 Å². The SMILES string of the molecule is CCSc1ccc([C@@H]2CCCN2CC)cn1. The first-order chi connectivity index (χ1) is 7.85. The maximum atomic E-state index is 4.52. The van der Waals surface area contributed by atoms with Gasteiger partial charge < -0.3 is 0 Å². The van der Waals surface area contributed by atoms with Gasteiger partial charge in [-0.25, -0.2) is 4.98 Å². The van der Waals surface area contributed by atoms with Gasteiger partial charge >= 0.3 is 0 Å². The van der Waals surface area contributed by atoms with Crippen LogP contribution in [0.3, 0.4) is 0 Å². The molecule has 88 valence electrons. The number of rotatable bonds is 4. The smallest absolute Gasteiger partial charge is 0.0959 e. The minimum atomic E-state index is 0.609. The van der Waals surface area contributed by atoms with Crippen LogP contribution in [-0.2, 0) is 0 Å². The second-order valence-corrected chi connectivity index (χ2v) is 5.43. The predicted molar refractivity (Wildman–Crippen MR) is 69.9 cm³/mol. The van der Waals surface area contributed by atoms with E-state index in [-0.39, 0.29) is 0 Å². The van der Waals surface area contributed by atoms with Gasteiger partial charge in [0.2, 0.25) is 0 Å². The molecule has 0 radical (unpaired) electrons. The van der Waals surface area contributed by atoms with Gasteiger partial charge in [-0.05, 0) is 43.3 Å². The summed E-state index contributed by atoms with van der Waals surface area (Å²) in [6, 6.07) is 5.03. The number of thioether (sulfide) groups is 1. The first kappa shape index (κ1) is 11.9. The zero-order valence-corrected chi connectivity index (χ0v) is 11.0. The summed E-state index contributed by atoms with van der Waals surface area (Å²) in [5, 5.41) is 1.15. The topological polar surface area (TPSA) is 16.1 Å². The maximum absolute atomic E-state index is 4.52. The van der Waals surface area contributed by atoms with Gasteiger partial charge in [-0.3, -0.25) is 4.90 Å². The Balaban J connectivity index is 2.08. The predicted octanol–water partition coefficient (Wildman–Crippen LogP) is 3.35. The van der Waals surface area contributed by atoms with E-state index in [0.717, 1.165) is 17.3 Å². The van der Waals surface area contributed by atoms with Crippen LogP contribution in [0.15, 0.2) is 23.4 Å². The summed E-state index contributed by atoms with van der Waals surface area (Å²) < 4.78 is 0. The minimum absolute atomic E-state index is 0.609. The highest BCUT2D eigenvalue weighted by molar-refractivity contribution is 7.99. The second kappa shape index (κ2) is 5.69. The van der Waals surface area contributed by atoms with Crippen LogP contribution >= 0.6 is 11.8 Å². The summed E-state index contributed by atoms with van der Waals surface area (Å²) in [5.41, 5.74) is 1.39. The van der Waals surface area contributed by atoms with Crippen LogP contribution in [0.2, 0.25) is 0 Å². The highest BCUT2D eigenvalue weighted by Crippen LogP contribution is 2.31. The Kier molecular flexibility index (Phi) is 4.24. The van der Waals surface area contributed by atoms with E-state index < -0.39 is 0 Å². The van der Waals surface area contributed by atoms with Gasteiger partial charge in [0.15, 0.2) is 0 Å². The molecule has 1 fully saturated rings. The fourth-order valence-electron chi connectivity index (χ4n) is 2.40. The van der Waals surface area contributed by atoms with Gasteiger partial charge in [-0.2, -0.15) is 0 Å². The van der Waals surface area contributed by atoms with Gasteiger partial charge in [0.25, 0.3) is 0 Å². The summed E-state index contributed by atoms with van der Waals surface area (Å²) in [6.45, 7) is 6.80. The van der Waals surface area contributed by atoms with Crippen LogP contribution in [0.1, 0.15) is 38.3 Å². The van der Waals surface area contributed by atoms with Gasteiger partial charge in [-0.15, -0.1) is 11.8 Å². The molecule has 1 aliphatic heterocycles. The van der Waals surface area contributed by atoms with Crippen molar-refractivity contribution in [3.8, 4) is 0 Å². The molecule has 1 saturated heterocycles. The third kappa shape index (κ3) is 2.58. The van der Waals surface area contributed by atoms with E-state index in [1.165, 1.54) is 24.9 Å². The highest BCUT2D eigenvalue weighted by Gasteiger charge is 2.24. The van der Waals surface area contributed by atoms with E-state index in [1.807, 2.05) is 11.8 Å². The van der Waals surface area contributed by atoms with Gasteiger partial charge in [-0.1, -0.05) is 19.9 Å². The van der Waals surface area contributed by atoms with E-state index in [9.17, 15) is 0 Å². The molecular formula is C13H20N2S. The van der Waals surface area contributed by atoms with Crippen molar-refractivity contribution in [2.75, 3.05) is 18.8 Å². The lowest BCUT2D eigenvalue weighted by atomic mass is 10.1. The van der Waals surface area contributed by atoms with Crippen molar-refractivity contribution in [3.05, 3.63) is 23.9 Å². The zero-order chi connectivity index (χ0) is 11.4. The molecule has 2 heterocycles. The van der Waals surface area contributed by atoms with Crippen molar-refractivity contribution in [2.24, 2.45) is 0 Å². The van der Waals surface area contributed by atoms with Crippen molar-refractivity contribution in [1.29, 1.82) is 0 Å². The lowest BCUT2D eigenvalue weighted by Crippen LogP contribution is -2.22. The molecule has 1 aromatic rings. The number of nitrogens with zero attached hydrogens (tertiary/aromatic N) is 2.